The summed E-state index contributed by atoms with van der Waals surface area (Å²) < 4.78 is 24.9. The van der Waals surface area contributed by atoms with Crippen LogP contribution in [-0.2, 0) is 9.84 Å². The molecular weight excluding hydrogens is 420 g/mol. The fourth-order valence-electron chi connectivity index (χ4n) is 4.13. The van der Waals surface area contributed by atoms with Crippen LogP contribution < -0.4 is 5.56 Å². The lowest BCUT2D eigenvalue weighted by Gasteiger charge is -2.29. The summed E-state index contributed by atoms with van der Waals surface area (Å²) in [6.45, 7) is 0. The Morgan fingerprint density at radius 2 is 1.67 bits per heavy atom. The highest BCUT2D eigenvalue weighted by molar-refractivity contribution is 7.90. The number of hydrogen-bond acceptors (Lipinski definition) is 4. The molecule has 1 aromatic heterocycles. The van der Waals surface area contributed by atoms with E-state index in [1.165, 1.54) is 17.9 Å². The van der Waals surface area contributed by atoms with E-state index in [1.807, 2.05) is 18.2 Å². The lowest BCUT2D eigenvalue weighted by atomic mass is 9.82. The van der Waals surface area contributed by atoms with Crippen molar-refractivity contribution in [3.8, 4) is 11.3 Å². The lowest BCUT2D eigenvalue weighted by molar-refractivity contribution is 0.295. The van der Waals surface area contributed by atoms with Gasteiger partial charge < -0.3 is 0 Å². The third-order valence-electron chi connectivity index (χ3n) is 5.77. The second kappa shape index (κ2) is 8.36. The Kier molecular flexibility index (Phi) is 5.80. The van der Waals surface area contributed by atoms with Gasteiger partial charge in [-0.25, -0.2) is 13.1 Å². The molecule has 7 heteroatoms. The van der Waals surface area contributed by atoms with Crippen LogP contribution in [0.15, 0.2) is 70.4 Å². The number of rotatable bonds is 4. The van der Waals surface area contributed by atoms with E-state index in [0.29, 0.717) is 11.6 Å². The monoisotopic (exact) mass is 442 g/mol. The zero-order chi connectivity index (χ0) is 21.3. The maximum Gasteiger partial charge on any atom is 0.267 e. The molecule has 0 radical (unpaired) electrons. The summed E-state index contributed by atoms with van der Waals surface area (Å²) in [5.41, 5.74) is 2.58. The van der Waals surface area contributed by atoms with Crippen molar-refractivity contribution in [3.05, 3.63) is 81.6 Å². The molecule has 0 aliphatic heterocycles. The van der Waals surface area contributed by atoms with Crippen LogP contribution in [-0.4, -0.2) is 24.5 Å². The fraction of sp³-hybridized carbons (Fsp3) is 0.304. The van der Waals surface area contributed by atoms with E-state index in [0.717, 1.165) is 36.3 Å². The van der Waals surface area contributed by atoms with Gasteiger partial charge in [0.05, 0.1) is 16.6 Å². The Hall–Kier alpha value is -2.44. The highest BCUT2D eigenvalue weighted by Crippen LogP contribution is 2.38. The minimum atomic E-state index is -3.25. The van der Waals surface area contributed by atoms with Crippen LogP contribution >= 0.6 is 11.6 Å². The van der Waals surface area contributed by atoms with E-state index in [-0.39, 0.29) is 16.5 Å². The van der Waals surface area contributed by atoms with Crippen molar-refractivity contribution in [1.29, 1.82) is 0 Å². The van der Waals surface area contributed by atoms with Gasteiger partial charge >= 0.3 is 0 Å². The highest BCUT2D eigenvalue weighted by atomic mass is 35.5. The summed E-state index contributed by atoms with van der Waals surface area (Å²) in [6.07, 6.45) is 4.89. The van der Waals surface area contributed by atoms with Crippen molar-refractivity contribution in [2.75, 3.05) is 6.26 Å². The molecule has 1 saturated carbocycles. The Morgan fingerprint density at radius 1 is 0.967 bits per heavy atom. The van der Waals surface area contributed by atoms with Gasteiger partial charge in [0.2, 0.25) is 0 Å². The zero-order valence-electron chi connectivity index (χ0n) is 16.7. The van der Waals surface area contributed by atoms with Crippen molar-refractivity contribution >= 4 is 21.4 Å². The van der Waals surface area contributed by atoms with Crippen molar-refractivity contribution in [3.63, 3.8) is 0 Å². The quantitative estimate of drug-likeness (QED) is 0.578. The van der Waals surface area contributed by atoms with Gasteiger partial charge in [0.1, 0.15) is 0 Å². The number of aromatic nitrogens is 2. The van der Waals surface area contributed by atoms with Crippen molar-refractivity contribution in [2.24, 2.45) is 0 Å². The Morgan fingerprint density at radius 3 is 2.30 bits per heavy atom. The first kappa shape index (κ1) is 20.8. The molecule has 0 spiro atoms. The Bertz CT molecular complexity index is 1210. The third kappa shape index (κ3) is 4.50. The van der Waals surface area contributed by atoms with Crippen LogP contribution in [0.5, 0.6) is 0 Å². The second-order valence-electron chi connectivity index (χ2n) is 7.86. The standard InChI is InChI=1S/C23H23ClN2O3S/c1-30(28,29)21-11-7-17(8-12-21)22-13-14-23(27)26(25-22)20-9-5-16(6-10-20)18-3-2-4-19(24)15-18/h2-4,7-8,11-16,20H,5-6,9-10H2,1H3. The van der Waals surface area contributed by atoms with Crippen molar-refractivity contribution in [1.82, 2.24) is 9.78 Å². The summed E-state index contributed by atoms with van der Waals surface area (Å²) in [5, 5.41) is 5.36. The van der Waals surface area contributed by atoms with Crippen LogP contribution in [0.2, 0.25) is 5.02 Å². The fourth-order valence-corrected chi connectivity index (χ4v) is 4.96. The van der Waals surface area contributed by atoms with Gasteiger partial charge in [-0.3, -0.25) is 4.79 Å². The summed E-state index contributed by atoms with van der Waals surface area (Å²) in [4.78, 5) is 12.8. The van der Waals surface area contributed by atoms with Crippen LogP contribution in [0, 0.1) is 0 Å². The van der Waals surface area contributed by atoms with Gasteiger partial charge in [-0.1, -0.05) is 35.9 Å². The number of hydrogen-bond donors (Lipinski definition) is 0. The van der Waals surface area contributed by atoms with Gasteiger partial charge in [0.15, 0.2) is 9.84 Å². The molecule has 0 atom stereocenters. The van der Waals surface area contributed by atoms with E-state index in [1.54, 1.807) is 35.0 Å². The van der Waals surface area contributed by atoms with E-state index < -0.39 is 9.84 Å². The molecule has 0 unspecified atom stereocenters. The van der Waals surface area contributed by atoms with Crippen LogP contribution in [0.25, 0.3) is 11.3 Å². The number of nitrogens with zero attached hydrogens (tertiary/aromatic N) is 2. The van der Waals surface area contributed by atoms with E-state index in [2.05, 4.69) is 11.2 Å². The average Bonchev–Trinajstić information content (AvgIpc) is 2.74. The maximum atomic E-state index is 12.5. The molecule has 0 N–H and O–H groups in total. The normalized spacial score (nSPS) is 19.5. The van der Waals surface area contributed by atoms with Gasteiger partial charge in [0, 0.05) is 22.9 Å². The van der Waals surface area contributed by atoms with Crippen molar-refractivity contribution in [2.45, 2.75) is 42.5 Å². The van der Waals surface area contributed by atoms with Crippen LogP contribution in [0.1, 0.15) is 43.2 Å². The predicted molar refractivity (Wildman–Crippen MR) is 119 cm³/mol. The number of sulfone groups is 1. The largest absolute Gasteiger partial charge is 0.268 e. The molecule has 4 rings (SSSR count). The van der Waals surface area contributed by atoms with Gasteiger partial charge in [-0.05, 0) is 67.5 Å². The molecule has 0 amide bonds. The predicted octanol–water partition coefficient (Wildman–Crippen LogP) is 4.87. The minimum Gasteiger partial charge on any atom is -0.268 e. The molecule has 156 valence electrons. The van der Waals surface area contributed by atoms with Crippen molar-refractivity contribution < 1.29 is 8.42 Å². The third-order valence-corrected chi connectivity index (χ3v) is 7.13. The SMILES string of the molecule is CS(=O)(=O)c1ccc(-c2ccc(=O)n(C3CCC(c4cccc(Cl)c4)CC3)n2)cc1. The van der Waals surface area contributed by atoms with Gasteiger partial charge in [-0.15, -0.1) is 0 Å². The molecule has 0 bridgehead atoms. The molecule has 1 fully saturated rings. The first-order valence-corrected chi connectivity index (χ1v) is 12.2. The molecule has 1 aliphatic rings. The van der Waals surface area contributed by atoms with E-state index in [9.17, 15) is 13.2 Å². The smallest absolute Gasteiger partial charge is 0.267 e. The Balaban J connectivity index is 1.54. The van der Waals surface area contributed by atoms with Crippen LogP contribution in [0.3, 0.4) is 0 Å². The number of halogens is 1. The second-order valence-corrected chi connectivity index (χ2v) is 10.3. The molecule has 1 aliphatic carbocycles. The lowest BCUT2D eigenvalue weighted by Crippen LogP contribution is -2.29. The average molecular weight is 443 g/mol. The molecular formula is C23H23ClN2O3S. The van der Waals surface area contributed by atoms with Gasteiger partial charge in [0.25, 0.3) is 5.56 Å². The van der Waals surface area contributed by atoms with E-state index in [4.69, 9.17) is 11.6 Å². The summed E-state index contributed by atoms with van der Waals surface area (Å²) in [5.74, 6) is 0.447. The molecule has 30 heavy (non-hydrogen) atoms. The Labute approximate surface area is 181 Å². The maximum absolute atomic E-state index is 12.5. The summed E-state index contributed by atoms with van der Waals surface area (Å²) in [6, 6.07) is 17.9. The van der Waals surface area contributed by atoms with E-state index >= 15 is 0 Å². The first-order chi connectivity index (χ1) is 14.3. The summed E-state index contributed by atoms with van der Waals surface area (Å²) in [7, 11) is -3.25. The highest BCUT2D eigenvalue weighted by Gasteiger charge is 2.25. The van der Waals surface area contributed by atoms with Gasteiger partial charge in [-0.2, -0.15) is 5.10 Å². The molecule has 1 heterocycles. The summed E-state index contributed by atoms with van der Waals surface area (Å²) >= 11 is 6.13. The molecule has 0 saturated heterocycles. The number of benzene rings is 2. The molecule has 3 aromatic rings. The topological polar surface area (TPSA) is 69.0 Å². The molecule has 2 aromatic carbocycles. The molecule has 5 nitrogen and oxygen atoms in total. The first-order valence-electron chi connectivity index (χ1n) is 9.97. The van der Waals surface area contributed by atoms with Crippen LogP contribution in [0.4, 0.5) is 0 Å². The zero-order valence-corrected chi connectivity index (χ0v) is 18.2. The minimum absolute atomic E-state index is 0.0585.